The van der Waals surface area contributed by atoms with Gasteiger partial charge in [0.25, 0.3) is 0 Å². The number of anilines is 2. The topological polar surface area (TPSA) is 113 Å². The molecule has 10 heteroatoms. The molecule has 2 aliphatic rings. The number of rotatable bonds is 8. The number of carbonyl (C=O) groups excluding carboxylic acids is 2. The first-order valence-corrected chi connectivity index (χ1v) is 15.6. The molecule has 0 radical (unpaired) electrons. The van der Waals surface area contributed by atoms with Crippen molar-refractivity contribution in [1.29, 1.82) is 0 Å². The highest BCUT2D eigenvalue weighted by molar-refractivity contribution is 6.06. The number of carbonyl (C=O) groups is 2. The van der Waals surface area contributed by atoms with E-state index < -0.39 is 6.03 Å². The summed E-state index contributed by atoms with van der Waals surface area (Å²) >= 11 is 0. The lowest BCUT2D eigenvalue weighted by Gasteiger charge is -2.34. The second-order valence-corrected chi connectivity index (χ2v) is 12.2. The summed E-state index contributed by atoms with van der Waals surface area (Å²) in [4.78, 5) is 30.6. The molecule has 2 aliphatic heterocycles. The fourth-order valence-electron chi connectivity index (χ4n) is 6.07. The average molecular weight is 625 g/mol. The minimum absolute atomic E-state index is 0.0348. The Morgan fingerprint density at radius 2 is 1.78 bits per heavy atom. The molecule has 3 atom stereocenters. The third kappa shape index (κ3) is 7.03. The summed E-state index contributed by atoms with van der Waals surface area (Å²) in [6.45, 7) is 5.71. The number of nitrogens with one attached hydrogen (secondary N) is 2. The molecular formula is C36H40N4O6. The molecule has 0 aliphatic carbocycles. The summed E-state index contributed by atoms with van der Waals surface area (Å²) < 4.78 is 17.7. The van der Waals surface area contributed by atoms with Gasteiger partial charge in [-0.25, -0.2) is 4.79 Å². The van der Waals surface area contributed by atoms with Crippen LogP contribution in [0.4, 0.5) is 16.2 Å². The maximum absolute atomic E-state index is 13.6. The van der Waals surface area contributed by atoms with E-state index in [1.807, 2.05) is 80.7 Å². The molecule has 6 rings (SSSR count). The monoisotopic (exact) mass is 624 g/mol. The van der Waals surface area contributed by atoms with Gasteiger partial charge < -0.3 is 34.9 Å². The molecule has 3 N–H and O–H groups in total. The van der Waals surface area contributed by atoms with Gasteiger partial charge in [-0.05, 0) is 61.3 Å². The Hall–Kier alpha value is -4.80. The van der Waals surface area contributed by atoms with Gasteiger partial charge in [0.05, 0.1) is 24.8 Å². The number of likely N-dealkylation sites (N-methyl/N-ethyl adjacent to an activating group) is 1. The van der Waals surface area contributed by atoms with Crippen molar-refractivity contribution < 1.29 is 28.9 Å². The number of amides is 3. The van der Waals surface area contributed by atoms with Crippen molar-refractivity contribution in [1.82, 2.24) is 9.80 Å². The van der Waals surface area contributed by atoms with Gasteiger partial charge in [0, 0.05) is 42.2 Å². The fraction of sp³-hybridized carbons (Fsp3) is 0.333. The number of urea groups is 1. The Bertz CT molecular complexity index is 1720. The highest BCUT2D eigenvalue weighted by Crippen LogP contribution is 2.33. The van der Waals surface area contributed by atoms with E-state index in [9.17, 15) is 14.7 Å². The van der Waals surface area contributed by atoms with E-state index in [1.165, 1.54) is 0 Å². The van der Waals surface area contributed by atoms with Crippen LogP contribution in [0.1, 0.15) is 25.0 Å². The Morgan fingerprint density at radius 1 is 1.00 bits per heavy atom. The molecule has 0 bridgehead atoms. The normalized spacial score (nSPS) is 18.3. The Balaban J connectivity index is 1.21. The van der Waals surface area contributed by atoms with E-state index in [-0.39, 0.29) is 43.8 Å². The fourth-order valence-corrected chi connectivity index (χ4v) is 6.07. The zero-order chi connectivity index (χ0) is 32.2. The number of hydrogen-bond acceptors (Lipinski definition) is 7. The molecular weight excluding hydrogens is 584 g/mol. The number of benzene rings is 4. The van der Waals surface area contributed by atoms with E-state index >= 15 is 0 Å². The zero-order valence-corrected chi connectivity index (χ0v) is 26.4. The molecule has 0 saturated carbocycles. The largest absolute Gasteiger partial charge is 0.488 e. The highest BCUT2D eigenvalue weighted by atomic mass is 16.7. The summed E-state index contributed by atoms with van der Waals surface area (Å²) in [7, 11) is 2.04. The molecule has 0 saturated heterocycles. The van der Waals surface area contributed by atoms with Gasteiger partial charge in [0.2, 0.25) is 12.7 Å². The predicted molar refractivity (Wildman–Crippen MR) is 177 cm³/mol. The Morgan fingerprint density at radius 3 is 2.63 bits per heavy atom. The summed E-state index contributed by atoms with van der Waals surface area (Å²) in [5.41, 5.74) is 3.00. The number of aliphatic hydroxyl groups is 1. The third-order valence-electron chi connectivity index (χ3n) is 8.59. The van der Waals surface area contributed by atoms with Crippen molar-refractivity contribution in [3.05, 3.63) is 90.0 Å². The summed E-state index contributed by atoms with van der Waals surface area (Å²) in [5.74, 6) is 1.95. The van der Waals surface area contributed by atoms with E-state index in [2.05, 4.69) is 22.5 Å². The van der Waals surface area contributed by atoms with E-state index in [0.29, 0.717) is 42.3 Å². The molecule has 0 aromatic heterocycles. The molecule has 0 spiro atoms. The Kier molecular flexibility index (Phi) is 9.28. The van der Waals surface area contributed by atoms with Crippen LogP contribution in [0.5, 0.6) is 17.2 Å². The van der Waals surface area contributed by atoms with Crippen LogP contribution < -0.4 is 24.8 Å². The third-order valence-corrected chi connectivity index (χ3v) is 8.59. The van der Waals surface area contributed by atoms with Crippen LogP contribution >= 0.6 is 0 Å². The van der Waals surface area contributed by atoms with Gasteiger partial charge in [-0.15, -0.1) is 0 Å². The minimum atomic E-state index is -0.390. The van der Waals surface area contributed by atoms with Crippen LogP contribution in [-0.4, -0.2) is 72.5 Å². The van der Waals surface area contributed by atoms with Crippen molar-refractivity contribution in [3.63, 3.8) is 0 Å². The van der Waals surface area contributed by atoms with Gasteiger partial charge in [-0.1, -0.05) is 49.4 Å². The van der Waals surface area contributed by atoms with Crippen LogP contribution in [0.2, 0.25) is 0 Å². The van der Waals surface area contributed by atoms with Crippen LogP contribution in [-0.2, 0) is 17.8 Å². The number of hydrogen-bond donors (Lipinski definition) is 3. The first-order valence-electron chi connectivity index (χ1n) is 15.6. The second-order valence-electron chi connectivity index (χ2n) is 12.2. The zero-order valence-electron chi connectivity index (χ0n) is 26.4. The molecule has 4 aromatic rings. The SMILES string of the molecule is C[C@@H]1CN([C@H](C)CO)C(=O)Cc2cc(NC(=O)Nc3cccc4ccccc34)ccc2O[C@H]1CN(C)Cc1ccc2c(c1)OCO2. The van der Waals surface area contributed by atoms with Crippen LogP contribution in [0.3, 0.4) is 0 Å². The van der Waals surface area contributed by atoms with Crippen LogP contribution in [0.15, 0.2) is 78.9 Å². The second kappa shape index (κ2) is 13.7. The lowest BCUT2D eigenvalue weighted by Crippen LogP contribution is -2.47. The average Bonchev–Trinajstić information content (AvgIpc) is 3.53. The Labute approximate surface area is 268 Å². The smallest absolute Gasteiger partial charge is 0.323 e. The summed E-state index contributed by atoms with van der Waals surface area (Å²) in [6.07, 6.45) is -0.183. The van der Waals surface area contributed by atoms with Crippen molar-refractivity contribution in [2.45, 2.75) is 39.0 Å². The van der Waals surface area contributed by atoms with E-state index in [4.69, 9.17) is 14.2 Å². The maximum atomic E-state index is 13.6. The van der Waals surface area contributed by atoms with Gasteiger partial charge in [0.15, 0.2) is 11.5 Å². The van der Waals surface area contributed by atoms with E-state index in [0.717, 1.165) is 27.8 Å². The molecule has 4 aromatic carbocycles. The minimum Gasteiger partial charge on any atom is -0.488 e. The van der Waals surface area contributed by atoms with Gasteiger partial charge in [-0.3, -0.25) is 9.69 Å². The lowest BCUT2D eigenvalue weighted by atomic mass is 10.0. The maximum Gasteiger partial charge on any atom is 0.323 e. The number of ether oxygens (including phenoxy) is 3. The standard InChI is InChI=1S/C36H40N4O6/c1-23-18-40(24(2)21-41)35(42)17-27-16-28(37-36(43)38-30-10-6-8-26-7-4-5-9-29(26)30)12-14-31(27)46-34(23)20-39(3)19-25-11-13-32-33(15-25)45-22-44-32/h4-16,23-24,34,41H,17-22H2,1-3H3,(H2,37,38,43)/t23-,24-,34+/m1/s1. The number of fused-ring (bicyclic) bond motifs is 3. The predicted octanol–water partition coefficient (Wildman–Crippen LogP) is 5.49. The van der Waals surface area contributed by atoms with E-state index in [1.54, 1.807) is 17.0 Å². The first kappa shape index (κ1) is 31.2. The van der Waals surface area contributed by atoms with Crippen molar-refractivity contribution in [3.8, 4) is 17.2 Å². The van der Waals surface area contributed by atoms with Crippen molar-refractivity contribution in [2.24, 2.45) is 5.92 Å². The van der Waals surface area contributed by atoms with Crippen molar-refractivity contribution in [2.75, 3.05) is 44.2 Å². The first-order chi connectivity index (χ1) is 22.3. The summed E-state index contributed by atoms with van der Waals surface area (Å²) in [6, 6.07) is 24.2. The molecule has 2 heterocycles. The van der Waals surface area contributed by atoms with Crippen molar-refractivity contribution >= 4 is 34.1 Å². The highest BCUT2D eigenvalue weighted by Gasteiger charge is 2.31. The molecule has 3 amide bonds. The molecule has 10 nitrogen and oxygen atoms in total. The molecule has 240 valence electrons. The molecule has 0 fully saturated rings. The van der Waals surface area contributed by atoms with Gasteiger partial charge >= 0.3 is 6.03 Å². The quantitative estimate of drug-likeness (QED) is 0.238. The number of nitrogens with zero attached hydrogens (tertiary/aromatic N) is 2. The van der Waals surface area contributed by atoms with Gasteiger partial charge in [-0.2, -0.15) is 0 Å². The number of aliphatic hydroxyl groups excluding tert-OH is 1. The van der Waals surface area contributed by atoms with Crippen LogP contribution in [0, 0.1) is 5.92 Å². The molecule has 46 heavy (non-hydrogen) atoms. The van der Waals surface area contributed by atoms with Crippen LogP contribution in [0.25, 0.3) is 10.8 Å². The summed E-state index contributed by atoms with van der Waals surface area (Å²) in [5, 5.41) is 17.8. The molecule has 0 unspecified atom stereocenters. The lowest BCUT2D eigenvalue weighted by molar-refractivity contribution is -0.134. The van der Waals surface area contributed by atoms with Gasteiger partial charge in [0.1, 0.15) is 11.9 Å².